The number of para-hydroxylation sites is 1. The van der Waals surface area contributed by atoms with Crippen molar-refractivity contribution in [2.75, 3.05) is 0 Å². The Morgan fingerprint density at radius 2 is 2.00 bits per heavy atom. The van der Waals surface area contributed by atoms with Crippen molar-refractivity contribution in [2.24, 2.45) is 22.6 Å². The molecule has 0 spiro atoms. The van der Waals surface area contributed by atoms with Crippen LogP contribution in [0.2, 0.25) is 5.02 Å². The molecule has 2 amide bonds. The zero-order chi connectivity index (χ0) is 27.4. The molecule has 1 aromatic heterocycles. The van der Waals surface area contributed by atoms with E-state index in [-0.39, 0.29) is 30.0 Å². The Bertz CT molecular complexity index is 1300. The first-order valence-corrected chi connectivity index (χ1v) is 12.6. The third kappa shape index (κ3) is 5.16. The number of halogens is 4. The number of hydrogen-bond acceptors (Lipinski definition) is 6. The standard InChI is InChI=1S/C26H27ClF3N5O3/c1-25(2)10-21(36)35(24(31)34-25)22(13-7-14(27)12-32-11-13)16-8-17(16)23(37)33-18-9-20(26(28,29)30)38-19-6-4-3-5-15(18)19/h3-7,11-12,16-18,20,22H,8-10H2,1-2H3,(H2,31,34)(H,33,37)/t16?,17-,18+,20?,22+/m1/s1. The number of benzene rings is 1. The second kappa shape index (κ2) is 9.44. The normalized spacial score (nSPS) is 27.1. The molecule has 1 aliphatic carbocycles. The van der Waals surface area contributed by atoms with Crippen LogP contribution in [-0.2, 0) is 9.59 Å². The van der Waals surface area contributed by atoms with Crippen LogP contribution in [0.3, 0.4) is 0 Å². The number of guanidine groups is 1. The summed E-state index contributed by atoms with van der Waals surface area (Å²) in [5.74, 6) is -1.44. The monoisotopic (exact) mass is 549 g/mol. The molecule has 2 aromatic rings. The zero-order valence-corrected chi connectivity index (χ0v) is 21.5. The van der Waals surface area contributed by atoms with Gasteiger partial charge in [0.15, 0.2) is 12.1 Å². The molecule has 8 nitrogen and oxygen atoms in total. The second-order valence-corrected chi connectivity index (χ2v) is 11.0. The molecule has 38 heavy (non-hydrogen) atoms. The van der Waals surface area contributed by atoms with E-state index in [9.17, 15) is 22.8 Å². The van der Waals surface area contributed by atoms with E-state index in [0.29, 0.717) is 22.6 Å². The highest BCUT2D eigenvalue weighted by atomic mass is 35.5. The Morgan fingerprint density at radius 3 is 2.68 bits per heavy atom. The number of rotatable bonds is 5. The lowest BCUT2D eigenvalue weighted by molar-refractivity contribution is -0.201. The molecule has 2 unspecified atom stereocenters. The van der Waals surface area contributed by atoms with Crippen LogP contribution in [0.25, 0.3) is 0 Å². The molecule has 3 aliphatic rings. The van der Waals surface area contributed by atoms with Crippen LogP contribution >= 0.6 is 11.6 Å². The molecule has 3 heterocycles. The molecular weight excluding hydrogens is 523 g/mol. The van der Waals surface area contributed by atoms with Gasteiger partial charge < -0.3 is 15.8 Å². The number of carbonyl (C=O) groups is 2. The Hall–Kier alpha value is -3.34. The van der Waals surface area contributed by atoms with Crippen molar-refractivity contribution in [2.45, 2.75) is 63.0 Å². The summed E-state index contributed by atoms with van der Waals surface area (Å²) in [7, 11) is 0. The summed E-state index contributed by atoms with van der Waals surface area (Å²) in [4.78, 5) is 36.6. The number of ether oxygens (including phenoxy) is 1. The quantitative estimate of drug-likeness (QED) is 0.577. The van der Waals surface area contributed by atoms with Gasteiger partial charge in [0.25, 0.3) is 0 Å². The summed E-state index contributed by atoms with van der Waals surface area (Å²) in [6.07, 6.45) is -3.51. The van der Waals surface area contributed by atoms with Gasteiger partial charge in [-0.3, -0.25) is 19.5 Å². The van der Waals surface area contributed by atoms with Crippen molar-refractivity contribution in [3.05, 3.63) is 58.9 Å². The van der Waals surface area contributed by atoms with Gasteiger partial charge in [0.1, 0.15) is 5.75 Å². The number of nitrogens with one attached hydrogen (secondary N) is 1. The number of alkyl halides is 3. The van der Waals surface area contributed by atoms with Crippen LogP contribution in [0, 0.1) is 11.8 Å². The van der Waals surface area contributed by atoms with E-state index in [1.54, 1.807) is 44.3 Å². The highest BCUT2D eigenvalue weighted by molar-refractivity contribution is 6.30. The Morgan fingerprint density at radius 1 is 1.26 bits per heavy atom. The first kappa shape index (κ1) is 26.3. The topological polar surface area (TPSA) is 110 Å². The van der Waals surface area contributed by atoms with Gasteiger partial charge in [0, 0.05) is 30.3 Å². The summed E-state index contributed by atoms with van der Waals surface area (Å²) in [6, 6.07) is 6.49. The maximum atomic E-state index is 13.5. The number of fused-ring (bicyclic) bond motifs is 1. The number of aromatic nitrogens is 1. The van der Waals surface area contributed by atoms with Crippen LogP contribution in [0.4, 0.5) is 13.2 Å². The van der Waals surface area contributed by atoms with Gasteiger partial charge in [0.2, 0.25) is 11.8 Å². The summed E-state index contributed by atoms with van der Waals surface area (Å²) in [5, 5.41) is 3.15. The van der Waals surface area contributed by atoms with Crippen molar-refractivity contribution in [1.82, 2.24) is 15.2 Å². The summed E-state index contributed by atoms with van der Waals surface area (Å²) in [6.45, 7) is 3.61. The predicted octanol–water partition coefficient (Wildman–Crippen LogP) is 4.31. The van der Waals surface area contributed by atoms with Crippen molar-refractivity contribution in [1.29, 1.82) is 0 Å². The number of nitrogens with zero attached hydrogens (tertiary/aromatic N) is 3. The van der Waals surface area contributed by atoms with E-state index < -0.39 is 48.1 Å². The minimum absolute atomic E-state index is 0.0358. The molecule has 2 aliphatic heterocycles. The van der Waals surface area contributed by atoms with E-state index in [1.807, 2.05) is 0 Å². The maximum absolute atomic E-state index is 13.5. The number of aliphatic imine (C=N–C) groups is 1. The van der Waals surface area contributed by atoms with Gasteiger partial charge in [-0.25, -0.2) is 4.99 Å². The Labute approximate surface area is 222 Å². The highest BCUT2D eigenvalue weighted by Crippen LogP contribution is 2.52. The summed E-state index contributed by atoms with van der Waals surface area (Å²) >= 11 is 6.19. The van der Waals surface area contributed by atoms with Crippen molar-refractivity contribution < 1.29 is 27.5 Å². The van der Waals surface area contributed by atoms with Crippen molar-refractivity contribution in [3.63, 3.8) is 0 Å². The third-order valence-electron chi connectivity index (χ3n) is 7.14. The number of pyridine rings is 1. The molecule has 1 saturated carbocycles. The van der Waals surface area contributed by atoms with Crippen molar-refractivity contribution >= 4 is 29.4 Å². The molecule has 5 atom stereocenters. The van der Waals surface area contributed by atoms with Gasteiger partial charge in [-0.2, -0.15) is 13.2 Å². The van der Waals surface area contributed by atoms with Crippen LogP contribution < -0.4 is 15.8 Å². The number of nitrogens with two attached hydrogens (primary N) is 1. The molecule has 0 radical (unpaired) electrons. The minimum atomic E-state index is -4.58. The SMILES string of the molecule is CC1(C)CC(=O)N([C@@H](c2cncc(Cl)c2)C2C[C@H]2C(=O)N[C@H]2CC(C(F)(F)F)Oc3ccccc32)C(N)=N1. The zero-order valence-electron chi connectivity index (χ0n) is 20.7. The van der Waals surface area contributed by atoms with Crippen molar-refractivity contribution in [3.8, 4) is 5.75 Å². The molecule has 5 rings (SSSR count). The van der Waals surface area contributed by atoms with Crippen LogP contribution in [-0.4, -0.2) is 45.5 Å². The molecular formula is C26H27ClF3N5O3. The molecule has 3 N–H and O–H groups in total. The van der Waals surface area contributed by atoms with Crippen LogP contribution in [0.5, 0.6) is 5.75 Å². The summed E-state index contributed by atoms with van der Waals surface area (Å²) < 4.78 is 45.7. The highest BCUT2D eigenvalue weighted by Gasteiger charge is 2.54. The van der Waals surface area contributed by atoms with Crippen LogP contribution in [0.15, 0.2) is 47.7 Å². The number of hydrogen-bond donors (Lipinski definition) is 2. The maximum Gasteiger partial charge on any atom is 0.425 e. The van der Waals surface area contributed by atoms with Gasteiger partial charge in [0.05, 0.1) is 29.1 Å². The van der Waals surface area contributed by atoms with E-state index in [2.05, 4.69) is 15.3 Å². The average molecular weight is 550 g/mol. The fraction of sp³-hybridized carbons (Fsp3) is 0.462. The lowest BCUT2D eigenvalue weighted by atomic mass is 9.94. The fourth-order valence-corrected chi connectivity index (χ4v) is 5.54. The first-order valence-electron chi connectivity index (χ1n) is 12.2. The molecule has 202 valence electrons. The van der Waals surface area contributed by atoms with Crippen LogP contribution in [0.1, 0.15) is 56.3 Å². The Balaban J connectivity index is 1.40. The van der Waals surface area contributed by atoms with Gasteiger partial charge in [-0.1, -0.05) is 29.8 Å². The average Bonchev–Trinajstić information content (AvgIpc) is 3.60. The van der Waals surface area contributed by atoms with Gasteiger partial charge >= 0.3 is 6.18 Å². The third-order valence-corrected chi connectivity index (χ3v) is 7.35. The smallest absolute Gasteiger partial charge is 0.425 e. The van der Waals surface area contributed by atoms with E-state index in [1.165, 1.54) is 17.2 Å². The largest absolute Gasteiger partial charge is 0.480 e. The van der Waals surface area contributed by atoms with E-state index >= 15 is 0 Å². The molecule has 0 saturated heterocycles. The molecule has 1 aromatic carbocycles. The lowest BCUT2D eigenvalue weighted by Crippen LogP contribution is -2.52. The Kier molecular flexibility index (Phi) is 6.53. The minimum Gasteiger partial charge on any atom is -0.480 e. The second-order valence-electron chi connectivity index (χ2n) is 10.6. The van der Waals surface area contributed by atoms with Gasteiger partial charge in [-0.05, 0) is 43.9 Å². The van der Waals surface area contributed by atoms with E-state index in [4.69, 9.17) is 22.1 Å². The van der Waals surface area contributed by atoms with Gasteiger partial charge in [-0.15, -0.1) is 0 Å². The fourth-order valence-electron chi connectivity index (χ4n) is 5.36. The van der Waals surface area contributed by atoms with E-state index in [0.717, 1.165) is 0 Å². The summed E-state index contributed by atoms with van der Waals surface area (Å²) in [5.41, 5.74) is 6.66. The lowest BCUT2D eigenvalue weighted by Gasteiger charge is -2.38. The molecule has 1 fully saturated rings. The first-order chi connectivity index (χ1) is 17.8. The number of amides is 2. The predicted molar refractivity (Wildman–Crippen MR) is 133 cm³/mol. The molecule has 12 heteroatoms. The number of carbonyl (C=O) groups excluding carboxylic acids is 2. The molecule has 0 bridgehead atoms.